The molecule has 0 spiro atoms. The second-order valence-corrected chi connectivity index (χ2v) is 4.33. The van der Waals surface area contributed by atoms with E-state index in [0.29, 0.717) is 11.1 Å². The van der Waals surface area contributed by atoms with Gasteiger partial charge < -0.3 is 10.1 Å². The van der Waals surface area contributed by atoms with Crippen molar-refractivity contribution in [1.29, 1.82) is 0 Å². The zero-order chi connectivity index (χ0) is 14.5. The van der Waals surface area contributed by atoms with Gasteiger partial charge in [-0.15, -0.1) is 0 Å². The number of ketones is 1. The van der Waals surface area contributed by atoms with Crippen LogP contribution >= 0.6 is 0 Å². The summed E-state index contributed by atoms with van der Waals surface area (Å²) in [7, 11) is 1.35. The summed E-state index contributed by atoms with van der Waals surface area (Å²) in [6.07, 6.45) is 0. The minimum Gasteiger partial charge on any atom is -0.465 e. The van der Waals surface area contributed by atoms with Gasteiger partial charge in [0.1, 0.15) is 0 Å². The standard InChI is InChI=1S/C16H15NO3/c1-11(18)12-3-7-14(8-4-12)17-15-9-5-13(6-10-15)16(19)20-2/h3-10,17H,1-2H3. The molecule has 4 nitrogen and oxygen atoms in total. The lowest BCUT2D eigenvalue weighted by Gasteiger charge is -2.07. The molecule has 20 heavy (non-hydrogen) atoms. The number of carbonyl (C=O) groups excluding carboxylic acids is 2. The zero-order valence-corrected chi connectivity index (χ0v) is 11.3. The Labute approximate surface area is 117 Å². The number of benzene rings is 2. The number of rotatable bonds is 4. The number of esters is 1. The first-order valence-electron chi connectivity index (χ1n) is 6.16. The van der Waals surface area contributed by atoms with Gasteiger partial charge in [-0.3, -0.25) is 4.79 Å². The van der Waals surface area contributed by atoms with Crippen molar-refractivity contribution in [3.05, 3.63) is 59.7 Å². The molecule has 0 fully saturated rings. The topological polar surface area (TPSA) is 55.4 Å². The Morgan fingerprint density at radius 1 is 0.850 bits per heavy atom. The normalized spacial score (nSPS) is 9.90. The molecular formula is C16H15NO3. The fourth-order valence-corrected chi connectivity index (χ4v) is 1.76. The van der Waals surface area contributed by atoms with E-state index in [4.69, 9.17) is 0 Å². The maximum absolute atomic E-state index is 11.3. The number of carbonyl (C=O) groups is 2. The molecule has 2 rings (SSSR count). The highest BCUT2D eigenvalue weighted by Crippen LogP contribution is 2.18. The van der Waals surface area contributed by atoms with Gasteiger partial charge in [-0.1, -0.05) is 0 Å². The number of ether oxygens (including phenoxy) is 1. The highest BCUT2D eigenvalue weighted by Gasteiger charge is 2.04. The molecule has 102 valence electrons. The van der Waals surface area contributed by atoms with Crippen LogP contribution in [0.15, 0.2) is 48.5 Å². The third-order valence-electron chi connectivity index (χ3n) is 2.89. The zero-order valence-electron chi connectivity index (χ0n) is 11.3. The summed E-state index contributed by atoms with van der Waals surface area (Å²) in [5.74, 6) is -0.318. The van der Waals surface area contributed by atoms with E-state index in [1.807, 2.05) is 12.1 Å². The van der Waals surface area contributed by atoms with Gasteiger partial charge in [0.05, 0.1) is 12.7 Å². The molecule has 1 N–H and O–H groups in total. The van der Waals surface area contributed by atoms with Gasteiger partial charge in [-0.2, -0.15) is 0 Å². The molecule has 0 radical (unpaired) electrons. The van der Waals surface area contributed by atoms with Crippen molar-refractivity contribution in [2.24, 2.45) is 0 Å². The Morgan fingerprint density at radius 3 is 1.70 bits per heavy atom. The lowest BCUT2D eigenvalue weighted by atomic mass is 10.1. The molecule has 0 heterocycles. The monoisotopic (exact) mass is 269 g/mol. The average molecular weight is 269 g/mol. The lowest BCUT2D eigenvalue weighted by Crippen LogP contribution is -2.01. The first-order valence-corrected chi connectivity index (χ1v) is 6.16. The Balaban J connectivity index is 2.10. The number of methoxy groups -OCH3 is 1. The first-order chi connectivity index (χ1) is 9.60. The molecule has 2 aromatic carbocycles. The van der Waals surface area contributed by atoms with E-state index >= 15 is 0 Å². The van der Waals surface area contributed by atoms with Crippen molar-refractivity contribution >= 4 is 23.1 Å². The van der Waals surface area contributed by atoms with Crippen LogP contribution in [0.1, 0.15) is 27.6 Å². The van der Waals surface area contributed by atoms with Gasteiger partial charge in [-0.05, 0) is 55.5 Å². The molecule has 0 amide bonds. The van der Waals surface area contributed by atoms with Crippen molar-refractivity contribution in [3.8, 4) is 0 Å². The Bertz CT molecular complexity index is 615. The lowest BCUT2D eigenvalue weighted by molar-refractivity contribution is 0.0600. The van der Waals surface area contributed by atoms with Gasteiger partial charge in [0.2, 0.25) is 0 Å². The van der Waals surface area contributed by atoms with E-state index in [2.05, 4.69) is 10.1 Å². The summed E-state index contributed by atoms with van der Waals surface area (Å²) in [5.41, 5.74) is 2.91. The van der Waals surface area contributed by atoms with Crippen LogP contribution in [-0.2, 0) is 4.74 Å². The molecule has 0 unspecified atom stereocenters. The summed E-state index contributed by atoms with van der Waals surface area (Å²) in [5, 5.41) is 3.19. The summed E-state index contributed by atoms with van der Waals surface area (Å²) in [6.45, 7) is 1.54. The van der Waals surface area contributed by atoms with Crippen molar-refractivity contribution < 1.29 is 14.3 Å². The molecule has 4 heteroatoms. The van der Waals surface area contributed by atoms with E-state index in [1.54, 1.807) is 36.4 Å². The molecular weight excluding hydrogens is 254 g/mol. The molecule has 0 atom stereocenters. The molecule has 0 bridgehead atoms. The Morgan fingerprint density at radius 2 is 1.30 bits per heavy atom. The molecule has 0 aromatic heterocycles. The van der Waals surface area contributed by atoms with Gasteiger partial charge in [-0.25, -0.2) is 4.79 Å². The summed E-state index contributed by atoms with van der Waals surface area (Å²) in [6, 6.07) is 14.2. The van der Waals surface area contributed by atoms with Gasteiger partial charge in [0.15, 0.2) is 5.78 Å². The highest BCUT2D eigenvalue weighted by atomic mass is 16.5. The first kappa shape index (κ1) is 13.8. The minimum atomic E-state index is -0.359. The molecule has 0 saturated carbocycles. The van der Waals surface area contributed by atoms with E-state index in [-0.39, 0.29) is 11.8 Å². The molecule has 0 aliphatic carbocycles. The van der Waals surface area contributed by atoms with Gasteiger partial charge in [0, 0.05) is 16.9 Å². The predicted octanol–water partition coefficient (Wildman–Crippen LogP) is 3.42. The van der Waals surface area contributed by atoms with Crippen LogP contribution in [0.3, 0.4) is 0 Å². The molecule has 2 aromatic rings. The SMILES string of the molecule is COC(=O)c1ccc(Nc2ccc(C(C)=O)cc2)cc1. The van der Waals surface area contributed by atoms with E-state index in [9.17, 15) is 9.59 Å². The van der Waals surface area contributed by atoms with Crippen LogP contribution in [0.4, 0.5) is 11.4 Å². The Hall–Kier alpha value is -2.62. The van der Waals surface area contributed by atoms with Gasteiger partial charge >= 0.3 is 5.97 Å². The third kappa shape index (κ3) is 3.23. The van der Waals surface area contributed by atoms with Crippen LogP contribution in [0.25, 0.3) is 0 Å². The summed E-state index contributed by atoms with van der Waals surface area (Å²) in [4.78, 5) is 22.5. The fraction of sp³-hybridized carbons (Fsp3) is 0.125. The number of Topliss-reactive ketones (excluding diaryl/α,β-unsaturated/α-hetero) is 1. The predicted molar refractivity (Wildman–Crippen MR) is 77.5 cm³/mol. The van der Waals surface area contributed by atoms with Crippen molar-refractivity contribution in [2.75, 3.05) is 12.4 Å². The maximum Gasteiger partial charge on any atom is 0.337 e. The van der Waals surface area contributed by atoms with Crippen LogP contribution < -0.4 is 5.32 Å². The number of hydrogen-bond donors (Lipinski definition) is 1. The smallest absolute Gasteiger partial charge is 0.337 e. The summed E-state index contributed by atoms with van der Waals surface area (Å²) < 4.78 is 4.64. The van der Waals surface area contributed by atoms with Crippen LogP contribution in [0.5, 0.6) is 0 Å². The quantitative estimate of drug-likeness (QED) is 0.682. The third-order valence-corrected chi connectivity index (χ3v) is 2.89. The number of hydrogen-bond acceptors (Lipinski definition) is 4. The number of nitrogens with one attached hydrogen (secondary N) is 1. The van der Waals surface area contributed by atoms with Crippen molar-refractivity contribution in [1.82, 2.24) is 0 Å². The molecule has 0 aliphatic heterocycles. The minimum absolute atomic E-state index is 0.0407. The van der Waals surface area contributed by atoms with Crippen LogP contribution in [-0.4, -0.2) is 18.9 Å². The number of anilines is 2. The van der Waals surface area contributed by atoms with E-state index in [1.165, 1.54) is 14.0 Å². The van der Waals surface area contributed by atoms with E-state index < -0.39 is 0 Å². The second-order valence-electron chi connectivity index (χ2n) is 4.33. The van der Waals surface area contributed by atoms with E-state index in [0.717, 1.165) is 11.4 Å². The largest absolute Gasteiger partial charge is 0.465 e. The van der Waals surface area contributed by atoms with Crippen molar-refractivity contribution in [2.45, 2.75) is 6.92 Å². The Kier molecular flexibility index (Phi) is 4.15. The highest BCUT2D eigenvalue weighted by molar-refractivity contribution is 5.94. The molecule has 0 aliphatic rings. The molecule has 0 saturated heterocycles. The average Bonchev–Trinajstić information content (AvgIpc) is 2.48. The fourth-order valence-electron chi connectivity index (χ4n) is 1.76. The van der Waals surface area contributed by atoms with Gasteiger partial charge in [0.25, 0.3) is 0 Å². The van der Waals surface area contributed by atoms with Crippen LogP contribution in [0, 0.1) is 0 Å². The van der Waals surface area contributed by atoms with Crippen LogP contribution in [0.2, 0.25) is 0 Å². The van der Waals surface area contributed by atoms with Crippen molar-refractivity contribution in [3.63, 3.8) is 0 Å². The second kappa shape index (κ2) is 6.02. The summed E-state index contributed by atoms with van der Waals surface area (Å²) >= 11 is 0. The maximum atomic E-state index is 11.3.